The fourth-order valence-corrected chi connectivity index (χ4v) is 2.52. The normalized spacial score (nSPS) is 16.8. The molecule has 2 rings (SSSR count). The average Bonchev–Trinajstić information content (AvgIpc) is 2.77. The van der Waals surface area contributed by atoms with Gasteiger partial charge in [-0.05, 0) is 61.5 Å². The van der Waals surface area contributed by atoms with E-state index in [2.05, 4.69) is 9.88 Å². The molecule has 0 atom stereocenters. The number of hydrogen-bond donors (Lipinski definition) is 0. The fourth-order valence-electron chi connectivity index (χ4n) is 2.05. The number of aromatic nitrogens is 2. The summed E-state index contributed by atoms with van der Waals surface area (Å²) in [7, 11) is 0. The zero-order chi connectivity index (χ0) is 11.4. The van der Waals surface area contributed by atoms with E-state index in [1.807, 2.05) is 22.6 Å². The molecule has 0 spiro atoms. The van der Waals surface area contributed by atoms with Crippen LogP contribution in [0.15, 0.2) is 17.3 Å². The summed E-state index contributed by atoms with van der Waals surface area (Å²) in [6.07, 6.45) is 6.92. The third-order valence-electron chi connectivity index (χ3n) is 2.93. The predicted molar refractivity (Wildman–Crippen MR) is 71.5 cm³/mol. The van der Waals surface area contributed by atoms with E-state index in [9.17, 15) is 4.79 Å². The van der Waals surface area contributed by atoms with Crippen LogP contribution < -0.4 is 5.56 Å². The molecule has 0 bridgehead atoms. The van der Waals surface area contributed by atoms with Crippen molar-refractivity contribution in [2.24, 2.45) is 0 Å². The van der Waals surface area contributed by atoms with Gasteiger partial charge in [0.25, 0.3) is 5.56 Å². The summed E-state index contributed by atoms with van der Waals surface area (Å²) >= 11 is 2.03. The van der Waals surface area contributed by atoms with Crippen molar-refractivity contribution in [2.75, 3.05) is 19.6 Å². The molecule has 0 aliphatic carbocycles. The first kappa shape index (κ1) is 12.0. The molecule has 1 aliphatic heterocycles. The Morgan fingerprint density at radius 2 is 2.06 bits per heavy atom. The molecule has 2 heterocycles. The van der Waals surface area contributed by atoms with Crippen LogP contribution in [0, 0.1) is 3.57 Å². The second kappa shape index (κ2) is 5.77. The Morgan fingerprint density at radius 3 is 2.81 bits per heavy atom. The monoisotopic (exact) mass is 333 g/mol. The summed E-state index contributed by atoms with van der Waals surface area (Å²) in [5, 5.41) is 0. The van der Waals surface area contributed by atoms with Gasteiger partial charge in [-0.1, -0.05) is 0 Å². The van der Waals surface area contributed by atoms with Crippen LogP contribution in [-0.2, 0) is 6.54 Å². The molecular weight excluding hydrogens is 317 g/mol. The van der Waals surface area contributed by atoms with Crippen LogP contribution in [0.4, 0.5) is 0 Å². The predicted octanol–water partition coefficient (Wildman–Crippen LogP) is 1.33. The highest BCUT2D eigenvalue weighted by Gasteiger charge is 2.10. The molecule has 1 aromatic heterocycles. The van der Waals surface area contributed by atoms with Gasteiger partial charge in [0.15, 0.2) is 0 Å². The van der Waals surface area contributed by atoms with Crippen LogP contribution in [0.25, 0.3) is 0 Å². The van der Waals surface area contributed by atoms with E-state index in [1.54, 1.807) is 17.1 Å². The minimum absolute atomic E-state index is 0.0806. The molecule has 16 heavy (non-hydrogen) atoms. The van der Waals surface area contributed by atoms with Gasteiger partial charge in [-0.25, -0.2) is 4.98 Å². The molecule has 0 amide bonds. The van der Waals surface area contributed by atoms with Gasteiger partial charge in [0, 0.05) is 12.7 Å². The molecular formula is C11H16IN3O. The Balaban J connectivity index is 1.85. The van der Waals surface area contributed by atoms with Crippen LogP contribution in [0.1, 0.15) is 19.3 Å². The molecule has 1 saturated heterocycles. The first-order valence-electron chi connectivity index (χ1n) is 5.69. The van der Waals surface area contributed by atoms with Crippen molar-refractivity contribution in [1.29, 1.82) is 0 Å². The molecule has 4 nitrogen and oxygen atoms in total. The first-order chi connectivity index (χ1) is 7.77. The summed E-state index contributed by atoms with van der Waals surface area (Å²) in [5.41, 5.74) is 0.0806. The van der Waals surface area contributed by atoms with Crippen molar-refractivity contribution in [3.8, 4) is 0 Å². The van der Waals surface area contributed by atoms with Gasteiger partial charge in [-0.15, -0.1) is 0 Å². The lowest BCUT2D eigenvalue weighted by Crippen LogP contribution is -2.26. The number of nitrogens with zero attached hydrogens (tertiary/aromatic N) is 3. The maximum Gasteiger partial charge on any atom is 0.266 e. The zero-order valence-electron chi connectivity index (χ0n) is 9.23. The summed E-state index contributed by atoms with van der Waals surface area (Å²) in [4.78, 5) is 18.2. The lowest BCUT2D eigenvalue weighted by atomic mass is 10.4. The van der Waals surface area contributed by atoms with Crippen LogP contribution in [0.2, 0.25) is 0 Å². The van der Waals surface area contributed by atoms with Crippen molar-refractivity contribution in [2.45, 2.75) is 25.8 Å². The van der Waals surface area contributed by atoms with Crippen molar-refractivity contribution < 1.29 is 0 Å². The van der Waals surface area contributed by atoms with Crippen LogP contribution >= 0.6 is 22.6 Å². The van der Waals surface area contributed by atoms with Crippen LogP contribution in [0.3, 0.4) is 0 Å². The Labute approximate surface area is 109 Å². The van der Waals surface area contributed by atoms with E-state index in [0.717, 1.165) is 19.5 Å². The van der Waals surface area contributed by atoms with Gasteiger partial charge in [0.05, 0.1) is 9.90 Å². The smallest absolute Gasteiger partial charge is 0.266 e. The van der Waals surface area contributed by atoms with Gasteiger partial charge >= 0.3 is 0 Å². The molecule has 1 aromatic rings. The number of hydrogen-bond acceptors (Lipinski definition) is 3. The van der Waals surface area contributed by atoms with Gasteiger partial charge in [0.2, 0.25) is 0 Å². The van der Waals surface area contributed by atoms with Crippen molar-refractivity contribution in [1.82, 2.24) is 14.5 Å². The molecule has 1 aliphatic rings. The van der Waals surface area contributed by atoms with E-state index < -0.39 is 0 Å². The van der Waals surface area contributed by atoms with Crippen LogP contribution in [0.5, 0.6) is 0 Å². The standard InChI is InChI=1S/C11H16IN3O/c12-10-8-13-9-15(11(10)16)7-3-6-14-4-1-2-5-14/h8-9H,1-7H2. The maximum atomic E-state index is 11.7. The zero-order valence-corrected chi connectivity index (χ0v) is 11.4. The summed E-state index contributed by atoms with van der Waals surface area (Å²) < 4.78 is 2.40. The quantitative estimate of drug-likeness (QED) is 0.781. The number of rotatable bonds is 4. The van der Waals surface area contributed by atoms with Crippen molar-refractivity contribution >= 4 is 22.6 Å². The Morgan fingerprint density at radius 1 is 1.31 bits per heavy atom. The third kappa shape index (κ3) is 3.04. The molecule has 0 unspecified atom stereocenters. The molecule has 0 aromatic carbocycles. The molecule has 88 valence electrons. The Kier molecular flexibility index (Phi) is 4.34. The molecule has 1 fully saturated rings. The molecule has 5 heteroatoms. The lowest BCUT2D eigenvalue weighted by molar-refractivity contribution is 0.324. The summed E-state index contributed by atoms with van der Waals surface area (Å²) in [5.74, 6) is 0. The third-order valence-corrected chi connectivity index (χ3v) is 3.67. The van der Waals surface area contributed by atoms with Gasteiger partial charge < -0.3 is 4.90 Å². The highest BCUT2D eigenvalue weighted by Crippen LogP contribution is 2.07. The highest BCUT2D eigenvalue weighted by atomic mass is 127. The van der Waals surface area contributed by atoms with Crippen LogP contribution in [-0.4, -0.2) is 34.1 Å². The molecule has 0 N–H and O–H groups in total. The van der Waals surface area contributed by atoms with E-state index in [0.29, 0.717) is 3.57 Å². The number of halogens is 1. The maximum absolute atomic E-state index is 11.7. The minimum Gasteiger partial charge on any atom is -0.303 e. The Hall–Kier alpha value is -0.430. The second-order valence-corrected chi connectivity index (χ2v) is 5.30. The van der Waals surface area contributed by atoms with E-state index >= 15 is 0 Å². The summed E-state index contributed by atoms with van der Waals surface area (Å²) in [6.45, 7) is 4.32. The Bertz CT molecular complexity index is 398. The number of aryl methyl sites for hydroxylation is 1. The van der Waals surface area contributed by atoms with E-state index in [4.69, 9.17) is 0 Å². The highest BCUT2D eigenvalue weighted by molar-refractivity contribution is 14.1. The first-order valence-corrected chi connectivity index (χ1v) is 6.77. The summed E-state index contributed by atoms with van der Waals surface area (Å²) in [6, 6.07) is 0. The van der Waals surface area contributed by atoms with Crippen molar-refractivity contribution in [3.05, 3.63) is 26.4 Å². The van der Waals surface area contributed by atoms with Gasteiger partial charge in [-0.3, -0.25) is 9.36 Å². The topological polar surface area (TPSA) is 38.1 Å². The van der Waals surface area contributed by atoms with Crippen molar-refractivity contribution in [3.63, 3.8) is 0 Å². The minimum atomic E-state index is 0.0806. The number of likely N-dealkylation sites (tertiary alicyclic amines) is 1. The fraction of sp³-hybridized carbons (Fsp3) is 0.636. The van der Waals surface area contributed by atoms with E-state index in [1.165, 1.54) is 25.9 Å². The lowest BCUT2D eigenvalue weighted by Gasteiger charge is -2.14. The average molecular weight is 333 g/mol. The van der Waals surface area contributed by atoms with Gasteiger partial charge in [0.1, 0.15) is 0 Å². The van der Waals surface area contributed by atoms with E-state index in [-0.39, 0.29) is 5.56 Å². The second-order valence-electron chi connectivity index (χ2n) is 4.14. The molecule has 0 saturated carbocycles. The largest absolute Gasteiger partial charge is 0.303 e. The molecule has 0 radical (unpaired) electrons. The van der Waals surface area contributed by atoms with Gasteiger partial charge in [-0.2, -0.15) is 0 Å². The SMILES string of the molecule is O=c1c(I)cncn1CCCN1CCCC1.